The number of carbonyl (C=O) groups is 1. The van der Waals surface area contributed by atoms with Crippen molar-refractivity contribution in [2.75, 3.05) is 12.4 Å². The van der Waals surface area contributed by atoms with Crippen molar-refractivity contribution >= 4 is 17.5 Å². The summed E-state index contributed by atoms with van der Waals surface area (Å²) >= 11 is 0. The van der Waals surface area contributed by atoms with Crippen LogP contribution in [0.3, 0.4) is 0 Å². The third-order valence-corrected chi connectivity index (χ3v) is 2.30. The number of hydrogen-bond acceptors (Lipinski definition) is 5. The molecule has 1 aromatic heterocycles. The summed E-state index contributed by atoms with van der Waals surface area (Å²) in [6, 6.07) is 7.17. The SMILES string of the molecule is COc1ccccc1Nc1ncncc1C(=O)O. The van der Waals surface area contributed by atoms with Crippen LogP contribution in [0.25, 0.3) is 0 Å². The maximum absolute atomic E-state index is 11.0. The highest BCUT2D eigenvalue weighted by molar-refractivity contribution is 5.93. The summed E-state index contributed by atoms with van der Waals surface area (Å²) < 4.78 is 5.16. The van der Waals surface area contributed by atoms with Crippen molar-refractivity contribution in [1.29, 1.82) is 0 Å². The molecular weight excluding hydrogens is 234 g/mol. The Bertz CT molecular complexity index is 572. The smallest absolute Gasteiger partial charge is 0.341 e. The fourth-order valence-electron chi connectivity index (χ4n) is 1.46. The summed E-state index contributed by atoms with van der Waals surface area (Å²) in [6.45, 7) is 0. The van der Waals surface area contributed by atoms with E-state index in [9.17, 15) is 4.79 Å². The molecule has 0 atom stereocenters. The second kappa shape index (κ2) is 5.13. The minimum Gasteiger partial charge on any atom is -0.495 e. The summed E-state index contributed by atoms with van der Waals surface area (Å²) in [4.78, 5) is 18.6. The van der Waals surface area contributed by atoms with Crippen LogP contribution in [0.4, 0.5) is 11.5 Å². The van der Waals surface area contributed by atoms with E-state index >= 15 is 0 Å². The van der Waals surface area contributed by atoms with Gasteiger partial charge in [0.05, 0.1) is 12.8 Å². The first-order valence-electron chi connectivity index (χ1n) is 5.15. The first-order valence-corrected chi connectivity index (χ1v) is 5.15. The molecule has 0 amide bonds. The van der Waals surface area contributed by atoms with Gasteiger partial charge in [0.25, 0.3) is 0 Å². The molecule has 0 unspecified atom stereocenters. The summed E-state index contributed by atoms with van der Waals surface area (Å²) in [7, 11) is 1.54. The van der Waals surface area contributed by atoms with E-state index < -0.39 is 5.97 Å². The molecule has 1 aromatic carbocycles. The van der Waals surface area contributed by atoms with Crippen LogP contribution >= 0.6 is 0 Å². The predicted molar refractivity (Wildman–Crippen MR) is 65.3 cm³/mol. The van der Waals surface area contributed by atoms with Crippen LogP contribution in [-0.2, 0) is 0 Å². The average Bonchev–Trinajstić information content (AvgIpc) is 2.40. The number of carboxylic acid groups (broad SMARTS) is 1. The largest absolute Gasteiger partial charge is 0.495 e. The lowest BCUT2D eigenvalue weighted by Crippen LogP contribution is -2.06. The minimum atomic E-state index is -1.09. The second-order valence-electron chi connectivity index (χ2n) is 3.42. The van der Waals surface area contributed by atoms with Gasteiger partial charge >= 0.3 is 5.97 Å². The van der Waals surface area contributed by atoms with Crippen LogP contribution in [0.15, 0.2) is 36.8 Å². The molecule has 92 valence electrons. The summed E-state index contributed by atoms with van der Waals surface area (Å²) in [6.07, 6.45) is 2.53. The molecule has 0 spiro atoms. The fourth-order valence-corrected chi connectivity index (χ4v) is 1.46. The maximum atomic E-state index is 11.0. The molecule has 0 aliphatic heterocycles. The molecule has 0 fully saturated rings. The highest BCUT2D eigenvalue weighted by atomic mass is 16.5. The maximum Gasteiger partial charge on any atom is 0.341 e. The molecule has 1 heterocycles. The Kier molecular flexibility index (Phi) is 3.38. The average molecular weight is 245 g/mol. The Balaban J connectivity index is 2.37. The van der Waals surface area contributed by atoms with Gasteiger partial charge in [-0.05, 0) is 12.1 Å². The third kappa shape index (κ3) is 2.37. The van der Waals surface area contributed by atoms with E-state index in [0.29, 0.717) is 11.4 Å². The first-order chi connectivity index (χ1) is 8.72. The quantitative estimate of drug-likeness (QED) is 0.856. The molecule has 2 aromatic rings. The van der Waals surface area contributed by atoms with Gasteiger partial charge in [-0.1, -0.05) is 12.1 Å². The van der Waals surface area contributed by atoms with Crippen molar-refractivity contribution in [3.63, 3.8) is 0 Å². The highest BCUT2D eigenvalue weighted by Gasteiger charge is 2.12. The van der Waals surface area contributed by atoms with E-state index in [1.807, 2.05) is 12.1 Å². The Labute approximate surface area is 103 Å². The van der Waals surface area contributed by atoms with E-state index in [2.05, 4.69) is 15.3 Å². The van der Waals surface area contributed by atoms with Gasteiger partial charge in [0.1, 0.15) is 23.5 Å². The molecule has 2 N–H and O–H groups in total. The topological polar surface area (TPSA) is 84.3 Å². The zero-order valence-corrected chi connectivity index (χ0v) is 9.62. The van der Waals surface area contributed by atoms with Crippen LogP contribution in [0.1, 0.15) is 10.4 Å². The van der Waals surface area contributed by atoms with Crippen molar-refractivity contribution in [2.45, 2.75) is 0 Å². The molecule has 0 radical (unpaired) electrons. The van der Waals surface area contributed by atoms with Crippen molar-refractivity contribution in [3.8, 4) is 5.75 Å². The summed E-state index contributed by atoms with van der Waals surface area (Å²) in [5.74, 6) is -0.262. The lowest BCUT2D eigenvalue weighted by molar-refractivity contribution is 0.0697. The van der Waals surface area contributed by atoms with Crippen molar-refractivity contribution in [1.82, 2.24) is 9.97 Å². The molecular formula is C12H11N3O3. The third-order valence-electron chi connectivity index (χ3n) is 2.30. The molecule has 0 aliphatic carbocycles. The molecule has 6 nitrogen and oxygen atoms in total. The number of aromatic carboxylic acids is 1. The molecule has 18 heavy (non-hydrogen) atoms. The number of para-hydroxylation sites is 2. The Hall–Kier alpha value is -2.63. The van der Waals surface area contributed by atoms with E-state index in [-0.39, 0.29) is 11.4 Å². The van der Waals surface area contributed by atoms with Crippen LogP contribution < -0.4 is 10.1 Å². The Morgan fingerprint density at radius 3 is 2.89 bits per heavy atom. The molecule has 6 heteroatoms. The van der Waals surface area contributed by atoms with Gasteiger partial charge in [-0.2, -0.15) is 0 Å². The van der Waals surface area contributed by atoms with Crippen LogP contribution in [-0.4, -0.2) is 28.2 Å². The molecule has 0 aliphatic rings. The number of ether oxygens (including phenoxy) is 1. The van der Waals surface area contributed by atoms with Crippen molar-refractivity contribution < 1.29 is 14.6 Å². The van der Waals surface area contributed by atoms with Crippen molar-refractivity contribution in [2.24, 2.45) is 0 Å². The van der Waals surface area contributed by atoms with Gasteiger partial charge < -0.3 is 15.2 Å². The molecule has 0 saturated heterocycles. The van der Waals surface area contributed by atoms with Gasteiger partial charge in [0.2, 0.25) is 0 Å². The number of aromatic nitrogens is 2. The molecule has 0 saturated carbocycles. The predicted octanol–water partition coefficient (Wildman–Crippen LogP) is 1.93. The number of nitrogens with zero attached hydrogens (tertiary/aromatic N) is 2. The van der Waals surface area contributed by atoms with E-state index in [4.69, 9.17) is 9.84 Å². The molecule has 0 bridgehead atoms. The van der Waals surface area contributed by atoms with Crippen molar-refractivity contribution in [3.05, 3.63) is 42.4 Å². The van der Waals surface area contributed by atoms with Gasteiger partial charge in [-0.3, -0.25) is 0 Å². The van der Waals surface area contributed by atoms with Gasteiger partial charge in [0.15, 0.2) is 0 Å². The number of hydrogen-bond donors (Lipinski definition) is 2. The zero-order valence-electron chi connectivity index (χ0n) is 9.62. The normalized spacial score (nSPS) is 9.83. The summed E-state index contributed by atoms with van der Waals surface area (Å²) in [5, 5.41) is 11.9. The monoisotopic (exact) mass is 245 g/mol. The van der Waals surface area contributed by atoms with Crippen LogP contribution in [0.5, 0.6) is 5.75 Å². The van der Waals surface area contributed by atoms with Crippen LogP contribution in [0.2, 0.25) is 0 Å². The van der Waals surface area contributed by atoms with Crippen LogP contribution in [0, 0.1) is 0 Å². The van der Waals surface area contributed by atoms with Gasteiger partial charge in [-0.15, -0.1) is 0 Å². The van der Waals surface area contributed by atoms with E-state index in [1.165, 1.54) is 12.5 Å². The number of carboxylic acids is 1. The lowest BCUT2D eigenvalue weighted by Gasteiger charge is -2.11. The summed E-state index contributed by atoms with van der Waals surface area (Å²) in [5.41, 5.74) is 0.643. The van der Waals surface area contributed by atoms with E-state index in [1.54, 1.807) is 19.2 Å². The minimum absolute atomic E-state index is 0.00315. The van der Waals surface area contributed by atoms with Gasteiger partial charge in [-0.25, -0.2) is 14.8 Å². The number of benzene rings is 1. The number of methoxy groups -OCH3 is 1. The van der Waals surface area contributed by atoms with Gasteiger partial charge in [0, 0.05) is 6.20 Å². The highest BCUT2D eigenvalue weighted by Crippen LogP contribution is 2.27. The second-order valence-corrected chi connectivity index (χ2v) is 3.42. The number of nitrogens with one attached hydrogen (secondary N) is 1. The number of anilines is 2. The number of rotatable bonds is 4. The first kappa shape index (κ1) is 11.8. The van der Waals surface area contributed by atoms with E-state index in [0.717, 1.165) is 0 Å². The molecule has 2 rings (SSSR count). The Morgan fingerprint density at radius 2 is 2.17 bits per heavy atom. The fraction of sp³-hybridized carbons (Fsp3) is 0.0833. The standard InChI is InChI=1S/C12H11N3O3/c1-18-10-5-3-2-4-9(10)15-11-8(12(16)17)6-13-7-14-11/h2-7H,1H3,(H,16,17)(H,13,14,15). The lowest BCUT2D eigenvalue weighted by atomic mass is 10.2. The Morgan fingerprint density at radius 1 is 1.39 bits per heavy atom. The zero-order chi connectivity index (χ0) is 13.0.